The van der Waals surface area contributed by atoms with Gasteiger partial charge in [-0.2, -0.15) is 0 Å². The molecule has 0 atom stereocenters. The number of aromatic nitrogens is 2. The van der Waals surface area contributed by atoms with E-state index < -0.39 is 0 Å². The van der Waals surface area contributed by atoms with Gasteiger partial charge in [0, 0.05) is 31.9 Å². The largest absolute Gasteiger partial charge is 0.335 e. The zero-order chi connectivity index (χ0) is 18.7. The zero-order valence-electron chi connectivity index (χ0n) is 14.8. The molecule has 1 aliphatic heterocycles. The number of amides is 1. The second kappa shape index (κ2) is 8.20. The normalized spacial score (nSPS) is 15.2. The van der Waals surface area contributed by atoms with E-state index in [2.05, 4.69) is 27.1 Å². The van der Waals surface area contributed by atoms with Crippen LogP contribution in [0.3, 0.4) is 0 Å². The van der Waals surface area contributed by atoms with Crippen molar-refractivity contribution < 1.29 is 4.79 Å². The van der Waals surface area contributed by atoms with Crippen molar-refractivity contribution in [1.29, 1.82) is 0 Å². The molecule has 0 radical (unpaired) electrons. The van der Waals surface area contributed by atoms with Crippen LogP contribution in [0.2, 0.25) is 10.0 Å². The van der Waals surface area contributed by atoms with Gasteiger partial charge in [0.05, 0.1) is 15.7 Å². The third-order valence-electron chi connectivity index (χ3n) is 4.38. The van der Waals surface area contributed by atoms with Gasteiger partial charge in [-0.25, -0.2) is 9.97 Å². The summed E-state index contributed by atoms with van der Waals surface area (Å²) in [4.78, 5) is 25.7. The average Bonchev–Trinajstić information content (AvgIpc) is 2.64. The summed E-state index contributed by atoms with van der Waals surface area (Å²) in [5.41, 5.74) is 1.59. The van der Waals surface area contributed by atoms with Crippen LogP contribution < -0.4 is 5.32 Å². The molecule has 0 spiro atoms. The topological polar surface area (TPSA) is 61.4 Å². The first-order valence-corrected chi connectivity index (χ1v) is 9.32. The lowest BCUT2D eigenvalue weighted by Crippen LogP contribution is -2.48. The van der Waals surface area contributed by atoms with Gasteiger partial charge in [-0.15, -0.1) is 0 Å². The third kappa shape index (κ3) is 4.26. The lowest BCUT2D eigenvalue weighted by Gasteiger charge is -2.33. The Hall–Kier alpha value is -1.89. The number of carbonyl (C=O) groups excluding carboxylic acids is 1. The molecule has 138 valence electrons. The molecule has 1 aromatic heterocycles. The number of nitrogens with zero attached hydrogens (tertiary/aromatic N) is 4. The number of hydrogen-bond donors (Lipinski definition) is 1. The van der Waals surface area contributed by atoms with E-state index in [1.807, 2.05) is 11.8 Å². The van der Waals surface area contributed by atoms with Crippen LogP contribution in [0.15, 0.2) is 24.3 Å². The van der Waals surface area contributed by atoms with E-state index in [9.17, 15) is 4.79 Å². The van der Waals surface area contributed by atoms with Gasteiger partial charge >= 0.3 is 0 Å². The van der Waals surface area contributed by atoms with Crippen molar-refractivity contribution in [2.24, 2.45) is 0 Å². The predicted octanol–water partition coefficient (Wildman–Crippen LogP) is 3.61. The number of halogens is 2. The molecule has 0 saturated carbocycles. The number of benzene rings is 1. The van der Waals surface area contributed by atoms with Gasteiger partial charge in [-0.1, -0.05) is 36.2 Å². The number of likely N-dealkylation sites (N-methyl/N-ethyl adjacent to an activating group) is 1. The molecular formula is C18H21Cl2N5O. The van der Waals surface area contributed by atoms with E-state index in [-0.39, 0.29) is 5.91 Å². The Labute approximate surface area is 163 Å². The lowest BCUT2D eigenvalue weighted by atomic mass is 10.2. The smallest absolute Gasteiger partial charge is 0.272 e. The molecule has 3 rings (SSSR count). The van der Waals surface area contributed by atoms with Crippen LogP contribution in [-0.2, 0) is 0 Å². The molecule has 1 saturated heterocycles. The Morgan fingerprint density at radius 1 is 1.15 bits per heavy atom. The lowest BCUT2D eigenvalue weighted by molar-refractivity contribution is 0.0637. The molecule has 8 heteroatoms. The molecule has 1 N–H and O–H groups in total. The second-order valence-corrected chi connectivity index (χ2v) is 6.98. The summed E-state index contributed by atoms with van der Waals surface area (Å²) < 4.78 is 0. The van der Waals surface area contributed by atoms with Crippen molar-refractivity contribution in [2.75, 3.05) is 38.0 Å². The SMILES string of the molecule is CCN1CCN(C(=O)c2cc(C)nc(Nc3c(Cl)cccc3Cl)n2)CC1. The van der Waals surface area contributed by atoms with Gasteiger partial charge in [0.25, 0.3) is 5.91 Å². The molecule has 0 unspecified atom stereocenters. The van der Waals surface area contributed by atoms with Crippen molar-refractivity contribution in [3.63, 3.8) is 0 Å². The monoisotopic (exact) mass is 393 g/mol. The molecule has 0 aliphatic carbocycles. The van der Waals surface area contributed by atoms with E-state index in [0.29, 0.717) is 46.2 Å². The number of nitrogens with one attached hydrogen (secondary N) is 1. The highest BCUT2D eigenvalue weighted by molar-refractivity contribution is 6.39. The summed E-state index contributed by atoms with van der Waals surface area (Å²) in [5, 5.41) is 3.96. The van der Waals surface area contributed by atoms with Gasteiger partial charge in [0.1, 0.15) is 5.69 Å². The minimum atomic E-state index is -0.0837. The summed E-state index contributed by atoms with van der Waals surface area (Å²) in [6.07, 6.45) is 0. The van der Waals surface area contributed by atoms with Crippen molar-refractivity contribution in [3.05, 3.63) is 45.7 Å². The van der Waals surface area contributed by atoms with Crippen LogP contribution >= 0.6 is 23.2 Å². The first-order chi connectivity index (χ1) is 12.5. The molecule has 6 nitrogen and oxygen atoms in total. The number of piperazine rings is 1. The van der Waals surface area contributed by atoms with Crippen LogP contribution in [0, 0.1) is 6.92 Å². The molecule has 1 fully saturated rings. The van der Waals surface area contributed by atoms with Crippen molar-refractivity contribution >= 4 is 40.7 Å². The number of aryl methyl sites for hydroxylation is 1. The molecule has 2 heterocycles. The Balaban J connectivity index is 1.80. The average molecular weight is 394 g/mol. The van der Waals surface area contributed by atoms with Gasteiger partial charge in [-0.05, 0) is 31.7 Å². The van der Waals surface area contributed by atoms with Crippen LogP contribution in [-0.4, -0.2) is 58.4 Å². The molecule has 0 bridgehead atoms. The summed E-state index contributed by atoms with van der Waals surface area (Å²) in [6.45, 7) is 8.13. The first-order valence-electron chi connectivity index (χ1n) is 8.56. The van der Waals surface area contributed by atoms with E-state index >= 15 is 0 Å². The van der Waals surface area contributed by atoms with Crippen LogP contribution in [0.4, 0.5) is 11.6 Å². The number of rotatable bonds is 4. The Kier molecular flexibility index (Phi) is 5.96. The maximum Gasteiger partial charge on any atom is 0.272 e. The van der Waals surface area contributed by atoms with E-state index in [4.69, 9.17) is 23.2 Å². The summed E-state index contributed by atoms with van der Waals surface area (Å²) in [7, 11) is 0. The molecule has 1 aromatic carbocycles. The number of carbonyl (C=O) groups is 1. The number of anilines is 2. The summed E-state index contributed by atoms with van der Waals surface area (Å²) in [6, 6.07) is 6.92. The van der Waals surface area contributed by atoms with Crippen LogP contribution in [0.1, 0.15) is 23.1 Å². The number of para-hydroxylation sites is 1. The minimum absolute atomic E-state index is 0.0837. The molecule has 2 aromatic rings. The maximum atomic E-state index is 12.8. The number of hydrogen-bond acceptors (Lipinski definition) is 5. The van der Waals surface area contributed by atoms with Gasteiger partial charge in [-0.3, -0.25) is 4.79 Å². The Morgan fingerprint density at radius 2 is 1.81 bits per heavy atom. The molecule has 1 aliphatic rings. The minimum Gasteiger partial charge on any atom is -0.335 e. The van der Waals surface area contributed by atoms with Crippen molar-refractivity contribution in [3.8, 4) is 0 Å². The van der Waals surface area contributed by atoms with E-state index in [1.54, 1.807) is 24.3 Å². The highest BCUT2D eigenvalue weighted by atomic mass is 35.5. The van der Waals surface area contributed by atoms with Gasteiger partial charge < -0.3 is 15.1 Å². The Bertz CT molecular complexity index is 786. The van der Waals surface area contributed by atoms with E-state index in [0.717, 1.165) is 19.6 Å². The standard InChI is InChI=1S/C18H21Cl2N5O/c1-3-24-7-9-25(10-8-24)17(26)15-11-12(2)21-18(22-15)23-16-13(19)5-4-6-14(16)20/h4-6,11H,3,7-10H2,1-2H3,(H,21,22,23). The van der Waals surface area contributed by atoms with Crippen molar-refractivity contribution in [2.45, 2.75) is 13.8 Å². The fourth-order valence-corrected chi connectivity index (χ4v) is 3.38. The summed E-state index contributed by atoms with van der Waals surface area (Å²) in [5.74, 6) is 0.218. The Morgan fingerprint density at radius 3 is 2.42 bits per heavy atom. The highest BCUT2D eigenvalue weighted by Crippen LogP contribution is 2.31. The fourth-order valence-electron chi connectivity index (χ4n) is 2.89. The maximum absolute atomic E-state index is 12.8. The predicted molar refractivity (Wildman–Crippen MR) is 105 cm³/mol. The van der Waals surface area contributed by atoms with Crippen LogP contribution in [0.25, 0.3) is 0 Å². The quantitative estimate of drug-likeness (QED) is 0.859. The van der Waals surface area contributed by atoms with Crippen LogP contribution in [0.5, 0.6) is 0 Å². The molecular weight excluding hydrogens is 373 g/mol. The first kappa shape index (κ1) is 18.9. The van der Waals surface area contributed by atoms with E-state index in [1.165, 1.54) is 0 Å². The molecule has 26 heavy (non-hydrogen) atoms. The van der Waals surface area contributed by atoms with Gasteiger partial charge in [0.15, 0.2) is 0 Å². The highest BCUT2D eigenvalue weighted by Gasteiger charge is 2.23. The zero-order valence-corrected chi connectivity index (χ0v) is 16.3. The fraction of sp³-hybridized carbons (Fsp3) is 0.389. The third-order valence-corrected chi connectivity index (χ3v) is 5.01. The second-order valence-electron chi connectivity index (χ2n) is 6.17. The molecule has 1 amide bonds. The van der Waals surface area contributed by atoms with Crippen molar-refractivity contribution in [1.82, 2.24) is 19.8 Å². The van der Waals surface area contributed by atoms with Gasteiger partial charge in [0.2, 0.25) is 5.95 Å². The summed E-state index contributed by atoms with van der Waals surface area (Å²) >= 11 is 12.4.